The Hall–Kier alpha value is -1.44. The minimum absolute atomic E-state index is 0.0481. The van der Waals surface area contributed by atoms with E-state index in [0.29, 0.717) is 0 Å². The fraction of sp³-hybridized carbons (Fsp3) is 0.300. The lowest BCUT2D eigenvalue weighted by Crippen LogP contribution is -2.27. The van der Waals surface area contributed by atoms with Crippen LogP contribution in [0.4, 0.5) is 5.69 Å². The Bertz CT molecular complexity index is 499. The summed E-state index contributed by atoms with van der Waals surface area (Å²) in [5.41, 5.74) is 0.266. The van der Waals surface area contributed by atoms with Gasteiger partial charge >= 0.3 is 0 Å². The maximum absolute atomic E-state index is 11.7. The molecule has 0 aliphatic heterocycles. The second kappa shape index (κ2) is 5.76. The molecule has 0 spiro atoms. The minimum Gasteiger partial charge on any atom is -0.324 e. The van der Waals surface area contributed by atoms with Gasteiger partial charge in [-0.25, -0.2) is 13.1 Å². The lowest BCUT2D eigenvalue weighted by Gasteiger charge is -2.10. The molecule has 0 heterocycles. The van der Waals surface area contributed by atoms with E-state index in [1.54, 1.807) is 19.2 Å². The summed E-state index contributed by atoms with van der Waals surface area (Å²) in [5, 5.41) is 5.21. The summed E-state index contributed by atoms with van der Waals surface area (Å²) in [4.78, 5) is 11.4. The first-order valence-corrected chi connectivity index (χ1v) is 6.46. The summed E-state index contributed by atoms with van der Waals surface area (Å²) in [6.45, 7) is 0.119. The molecule has 0 bridgehead atoms. The van der Waals surface area contributed by atoms with E-state index in [9.17, 15) is 13.2 Å². The number of nitrogens with one attached hydrogen (secondary N) is 3. The van der Waals surface area contributed by atoms with Gasteiger partial charge in [0, 0.05) is 0 Å². The SMILES string of the molecule is CNCC(=O)Nc1ccccc1S(=O)(=O)NC. The van der Waals surface area contributed by atoms with Gasteiger partial charge in [0.05, 0.1) is 12.2 Å². The van der Waals surface area contributed by atoms with E-state index < -0.39 is 10.0 Å². The summed E-state index contributed by atoms with van der Waals surface area (Å²) in [6.07, 6.45) is 0. The number of likely N-dealkylation sites (N-methyl/N-ethyl adjacent to an activating group) is 1. The molecular formula is C10H15N3O3S. The third-order valence-electron chi connectivity index (χ3n) is 2.06. The molecule has 0 saturated carbocycles. The number of carbonyl (C=O) groups excluding carboxylic acids is 1. The largest absolute Gasteiger partial charge is 0.324 e. The molecule has 0 atom stereocenters. The lowest BCUT2D eigenvalue weighted by molar-refractivity contribution is -0.115. The zero-order chi connectivity index (χ0) is 12.9. The second-order valence-electron chi connectivity index (χ2n) is 3.28. The molecule has 1 amide bonds. The average Bonchev–Trinajstić information content (AvgIpc) is 2.30. The Morgan fingerprint density at radius 2 is 1.88 bits per heavy atom. The molecule has 3 N–H and O–H groups in total. The fourth-order valence-corrected chi connectivity index (χ4v) is 2.16. The zero-order valence-electron chi connectivity index (χ0n) is 9.65. The highest BCUT2D eigenvalue weighted by molar-refractivity contribution is 7.89. The summed E-state index contributed by atoms with van der Waals surface area (Å²) in [5.74, 6) is -0.300. The van der Waals surface area contributed by atoms with Crippen molar-refractivity contribution in [2.24, 2.45) is 0 Å². The minimum atomic E-state index is -3.57. The van der Waals surface area contributed by atoms with Crippen molar-refractivity contribution in [2.75, 3.05) is 26.0 Å². The Morgan fingerprint density at radius 1 is 1.24 bits per heavy atom. The van der Waals surface area contributed by atoms with E-state index in [2.05, 4.69) is 15.4 Å². The van der Waals surface area contributed by atoms with Crippen LogP contribution in [0.3, 0.4) is 0 Å². The van der Waals surface area contributed by atoms with Gasteiger partial charge < -0.3 is 10.6 Å². The van der Waals surface area contributed by atoms with Gasteiger partial charge in [-0.15, -0.1) is 0 Å². The van der Waals surface area contributed by atoms with Gasteiger partial charge in [-0.05, 0) is 26.2 Å². The number of para-hydroxylation sites is 1. The Labute approximate surface area is 100 Å². The lowest BCUT2D eigenvalue weighted by atomic mass is 10.3. The molecule has 0 aromatic heterocycles. The number of hydrogen-bond acceptors (Lipinski definition) is 4. The van der Waals surface area contributed by atoms with Crippen LogP contribution in [0.1, 0.15) is 0 Å². The zero-order valence-corrected chi connectivity index (χ0v) is 10.5. The number of amides is 1. The molecule has 94 valence electrons. The molecule has 17 heavy (non-hydrogen) atoms. The first-order valence-electron chi connectivity index (χ1n) is 4.98. The molecule has 1 rings (SSSR count). The Kier molecular flexibility index (Phi) is 4.62. The Morgan fingerprint density at radius 3 is 2.47 bits per heavy atom. The summed E-state index contributed by atoms with van der Waals surface area (Å²) >= 11 is 0. The van der Waals surface area contributed by atoms with Gasteiger partial charge in [0.25, 0.3) is 0 Å². The standard InChI is InChI=1S/C10H15N3O3S/c1-11-7-10(14)13-8-5-3-4-6-9(8)17(15,16)12-2/h3-6,11-12H,7H2,1-2H3,(H,13,14). The molecule has 0 fully saturated rings. The van der Waals surface area contributed by atoms with Crippen LogP contribution in [0, 0.1) is 0 Å². The first kappa shape index (κ1) is 13.6. The number of anilines is 1. The monoisotopic (exact) mass is 257 g/mol. The maximum atomic E-state index is 11.7. The summed E-state index contributed by atoms with van der Waals surface area (Å²) in [7, 11) is -0.619. The van der Waals surface area contributed by atoms with Gasteiger partial charge in [-0.1, -0.05) is 12.1 Å². The van der Waals surface area contributed by atoms with Crippen molar-refractivity contribution >= 4 is 21.6 Å². The van der Waals surface area contributed by atoms with Crippen molar-refractivity contribution in [2.45, 2.75) is 4.90 Å². The fourth-order valence-electron chi connectivity index (χ4n) is 1.27. The highest BCUT2D eigenvalue weighted by Crippen LogP contribution is 2.19. The van der Waals surface area contributed by atoms with Crippen LogP contribution in [0.5, 0.6) is 0 Å². The van der Waals surface area contributed by atoms with Crippen LogP contribution in [0.2, 0.25) is 0 Å². The number of hydrogen-bond donors (Lipinski definition) is 3. The summed E-state index contributed by atoms with van der Waals surface area (Å²) in [6, 6.07) is 6.22. The normalized spacial score (nSPS) is 11.2. The van der Waals surface area contributed by atoms with Gasteiger partial charge in [-0.2, -0.15) is 0 Å². The molecule has 0 saturated heterocycles. The van der Waals surface area contributed by atoms with E-state index in [1.165, 1.54) is 19.2 Å². The van der Waals surface area contributed by atoms with Crippen LogP contribution in [0.25, 0.3) is 0 Å². The molecule has 6 nitrogen and oxygen atoms in total. The molecule has 0 unspecified atom stereocenters. The van der Waals surface area contributed by atoms with E-state index in [4.69, 9.17) is 0 Å². The van der Waals surface area contributed by atoms with Crippen LogP contribution in [0.15, 0.2) is 29.2 Å². The molecule has 0 aliphatic carbocycles. The topological polar surface area (TPSA) is 87.3 Å². The van der Waals surface area contributed by atoms with Crippen LogP contribution in [-0.2, 0) is 14.8 Å². The van der Waals surface area contributed by atoms with Crippen LogP contribution >= 0.6 is 0 Å². The predicted octanol–water partition coefficient (Wildman–Crippen LogP) is -0.247. The molecule has 1 aromatic carbocycles. The number of rotatable bonds is 5. The van der Waals surface area contributed by atoms with Crippen molar-refractivity contribution in [3.05, 3.63) is 24.3 Å². The number of sulfonamides is 1. The van der Waals surface area contributed by atoms with E-state index in [-0.39, 0.29) is 23.0 Å². The molecule has 7 heteroatoms. The predicted molar refractivity (Wildman–Crippen MR) is 65.2 cm³/mol. The van der Waals surface area contributed by atoms with Crippen molar-refractivity contribution in [1.82, 2.24) is 10.0 Å². The number of carbonyl (C=O) groups is 1. The highest BCUT2D eigenvalue weighted by atomic mass is 32.2. The summed E-state index contributed by atoms with van der Waals surface area (Å²) < 4.78 is 25.6. The first-order chi connectivity index (χ1) is 8.01. The Balaban J connectivity index is 3.05. The van der Waals surface area contributed by atoms with Crippen molar-refractivity contribution in [1.29, 1.82) is 0 Å². The van der Waals surface area contributed by atoms with Crippen molar-refractivity contribution in [3.63, 3.8) is 0 Å². The van der Waals surface area contributed by atoms with Gasteiger partial charge in [0.15, 0.2) is 0 Å². The molecular weight excluding hydrogens is 242 g/mol. The molecule has 0 aliphatic rings. The smallest absolute Gasteiger partial charge is 0.242 e. The molecule has 1 aromatic rings. The van der Waals surface area contributed by atoms with Crippen LogP contribution in [-0.4, -0.2) is 35.0 Å². The molecule has 0 radical (unpaired) electrons. The van der Waals surface area contributed by atoms with E-state index in [1.807, 2.05) is 0 Å². The maximum Gasteiger partial charge on any atom is 0.242 e. The van der Waals surface area contributed by atoms with E-state index in [0.717, 1.165) is 0 Å². The quantitative estimate of drug-likeness (QED) is 0.679. The van der Waals surface area contributed by atoms with Gasteiger partial charge in [0.2, 0.25) is 15.9 Å². The average molecular weight is 257 g/mol. The van der Waals surface area contributed by atoms with Crippen LogP contribution < -0.4 is 15.4 Å². The van der Waals surface area contributed by atoms with E-state index >= 15 is 0 Å². The van der Waals surface area contributed by atoms with Crippen molar-refractivity contribution < 1.29 is 13.2 Å². The third kappa shape index (κ3) is 3.52. The second-order valence-corrected chi connectivity index (χ2v) is 5.14. The van der Waals surface area contributed by atoms with Gasteiger partial charge in [-0.3, -0.25) is 4.79 Å². The highest BCUT2D eigenvalue weighted by Gasteiger charge is 2.16. The van der Waals surface area contributed by atoms with Gasteiger partial charge in [0.1, 0.15) is 4.90 Å². The van der Waals surface area contributed by atoms with Crippen molar-refractivity contribution in [3.8, 4) is 0 Å². The number of benzene rings is 1. The third-order valence-corrected chi connectivity index (χ3v) is 3.53.